The maximum atomic E-state index is 12.7. The van der Waals surface area contributed by atoms with Crippen molar-refractivity contribution in [2.45, 2.75) is 244 Å². The topological polar surface area (TPSA) is 132 Å². The van der Waals surface area contributed by atoms with Crippen LogP contribution in [0.5, 0.6) is 0 Å². The maximum Gasteiger partial charge on any atom is 0.472 e. The monoisotopic (exact) mass is 949 g/mol. The van der Waals surface area contributed by atoms with Gasteiger partial charge in [0.2, 0.25) is 0 Å². The molecule has 0 rings (SSSR count). The number of aliphatic hydroxyl groups is 2. The van der Waals surface area contributed by atoms with Gasteiger partial charge in [0.1, 0.15) is 12.2 Å². The van der Waals surface area contributed by atoms with Gasteiger partial charge in [0.25, 0.3) is 0 Å². The zero-order valence-electron chi connectivity index (χ0n) is 42.4. The van der Waals surface area contributed by atoms with Gasteiger partial charge in [-0.25, -0.2) is 4.57 Å². The lowest BCUT2D eigenvalue weighted by atomic mass is 10.0. The van der Waals surface area contributed by atoms with E-state index in [1.54, 1.807) is 0 Å². The van der Waals surface area contributed by atoms with Crippen LogP contribution >= 0.6 is 7.82 Å². The second-order valence-electron chi connectivity index (χ2n) is 17.9. The number of phosphoric ester groups is 1. The Morgan fingerprint density at radius 1 is 0.485 bits per heavy atom. The Kier molecular flexibility index (Phi) is 50.6. The summed E-state index contributed by atoms with van der Waals surface area (Å²) < 4.78 is 33.6. The first-order valence-corrected chi connectivity index (χ1v) is 28.4. The molecule has 384 valence electrons. The van der Waals surface area contributed by atoms with Gasteiger partial charge in [-0.3, -0.25) is 13.8 Å². The molecule has 3 unspecified atom stereocenters. The number of hydrogen-bond donors (Lipinski definition) is 3. The molecule has 10 heteroatoms. The van der Waals surface area contributed by atoms with Crippen LogP contribution in [0.4, 0.5) is 0 Å². The highest BCUT2D eigenvalue weighted by molar-refractivity contribution is 7.47. The van der Waals surface area contributed by atoms with Gasteiger partial charge in [0, 0.05) is 13.0 Å². The lowest BCUT2D eigenvalue weighted by Crippen LogP contribution is -2.29. The lowest BCUT2D eigenvalue weighted by molar-refractivity contribution is -0.154. The summed E-state index contributed by atoms with van der Waals surface area (Å²) in [6.45, 7) is 3.40. The number of carbonyl (C=O) groups excluding carboxylic acids is 1. The molecule has 0 bridgehead atoms. The number of aliphatic hydroxyl groups excluding tert-OH is 2. The van der Waals surface area contributed by atoms with Crippen molar-refractivity contribution in [3.63, 3.8) is 0 Å². The molecule has 0 amide bonds. The summed E-state index contributed by atoms with van der Waals surface area (Å²) in [5.41, 5.74) is 0. The van der Waals surface area contributed by atoms with Gasteiger partial charge in [0.05, 0.1) is 26.4 Å². The molecule has 0 fully saturated rings. The first kappa shape index (κ1) is 63.9. The van der Waals surface area contributed by atoms with Gasteiger partial charge in [-0.15, -0.1) is 0 Å². The van der Waals surface area contributed by atoms with Gasteiger partial charge in [-0.05, 0) is 64.2 Å². The van der Waals surface area contributed by atoms with Crippen LogP contribution in [-0.4, -0.2) is 66.3 Å². The highest BCUT2D eigenvalue weighted by Crippen LogP contribution is 2.43. The predicted molar refractivity (Wildman–Crippen MR) is 279 cm³/mol. The average molecular weight is 949 g/mol. The number of rotatable bonds is 51. The average Bonchev–Trinajstić information content (AvgIpc) is 3.31. The SMILES string of the molecule is CC/C=C\C/C=C\C/C=C\C/C=C\C/C=C\C/C=C\CCCCCCC(=O)OC(COCCCCCCCCCCCCCCCCCCCCCCCC)COP(=O)(O)OCC(O)CO. The van der Waals surface area contributed by atoms with E-state index in [2.05, 4.69) is 86.8 Å². The molecule has 0 aliphatic rings. The third-order valence-electron chi connectivity index (χ3n) is 11.4. The van der Waals surface area contributed by atoms with E-state index < -0.39 is 39.2 Å². The Labute approximate surface area is 405 Å². The quantitative estimate of drug-likeness (QED) is 0.0236. The number of carbonyl (C=O) groups is 1. The Balaban J connectivity index is 4.11. The Bertz CT molecular complexity index is 1260. The third kappa shape index (κ3) is 51.3. The molecule has 0 aromatic heterocycles. The van der Waals surface area contributed by atoms with E-state index in [0.29, 0.717) is 13.0 Å². The molecule has 0 aromatic carbocycles. The molecule has 0 spiro atoms. The van der Waals surface area contributed by atoms with Crippen molar-refractivity contribution in [1.82, 2.24) is 0 Å². The third-order valence-corrected chi connectivity index (χ3v) is 12.4. The Morgan fingerprint density at radius 2 is 0.864 bits per heavy atom. The van der Waals surface area contributed by atoms with Gasteiger partial charge in [-0.1, -0.05) is 234 Å². The van der Waals surface area contributed by atoms with E-state index in [1.165, 1.54) is 122 Å². The molecular weight excluding hydrogens is 848 g/mol. The van der Waals surface area contributed by atoms with E-state index in [-0.39, 0.29) is 19.6 Å². The predicted octanol–water partition coefficient (Wildman–Crippen LogP) is 16.0. The van der Waals surface area contributed by atoms with E-state index in [0.717, 1.165) is 83.5 Å². The van der Waals surface area contributed by atoms with E-state index in [9.17, 15) is 19.4 Å². The molecule has 0 saturated heterocycles. The summed E-state index contributed by atoms with van der Waals surface area (Å²) in [5.74, 6) is -0.405. The molecule has 0 aromatic rings. The van der Waals surface area contributed by atoms with Crippen molar-refractivity contribution >= 4 is 13.8 Å². The Hall–Kier alpha value is -2.10. The summed E-state index contributed by atoms with van der Waals surface area (Å²) in [6.07, 6.45) is 64.5. The molecular formula is C56H101O9P. The van der Waals surface area contributed by atoms with Crippen LogP contribution in [0.1, 0.15) is 232 Å². The molecule has 9 nitrogen and oxygen atoms in total. The van der Waals surface area contributed by atoms with Crippen molar-refractivity contribution in [2.24, 2.45) is 0 Å². The fourth-order valence-corrected chi connectivity index (χ4v) is 8.15. The summed E-state index contributed by atoms with van der Waals surface area (Å²) in [4.78, 5) is 22.7. The number of hydrogen-bond acceptors (Lipinski definition) is 8. The standard InChI is InChI=1S/C56H101O9P/c1-3-5-7-9-11-13-15-17-19-21-23-25-27-28-30-32-34-36-38-40-42-44-46-48-56(59)65-55(53-64-66(60,61)63-51-54(58)50-57)52-62-49-47-45-43-41-39-37-35-33-31-29-26-24-22-20-18-16-14-12-10-8-6-4-2/h5,7,11,13,17,19,23,25,28,30,34,36,54-55,57-58H,3-4,6,8-10,12,14-16,18,20-22,24,26-27,29,31-33,35,37-53H2,1-2H3,(H,60,61)/b7-5-,13-11-,19-17-,25-23-,30-28-,36-34-. The maximum absolute atomic E-state index is 12.7. The second-order valence-corrected chi connectivity index (χ2v) is 19.3. The summed E-state index contributed by atoms with van der Waals surface area (Å²) in [7, 11) is -4.54. The minimum absolute atomic E-state index is 0.0379. The van der Waals surface area contributed by atoms with Gasteiger partial charge < -0.3 is 24.6 Å². The van der Waals surface area contributed by atoms with Crippen LogP contribution in [0.25, 0.3) is 0 Å². The fourth-order valence-electron chi connectivity index (χ4n) is 7.36. The molecule has 0 heterocycles. The second kappa shape index (κ2) is 52.3. The van der Waals surface area contributed by atoms with Crippen molar-refractivity contribution in [1.29, 1.82) is 0 Å². The van der Waals surface area contributed by atoms with Crippen molar-refractivity contribution in [2.75, 3.05) is 33.0 Å². The zero-order valence-corrected chi connectivity index (χ0v) is 43.3. The minimum atomic E-state index is -4.54. The number of allylic oxidation sites excluding steroid dienone is 12. The van der Waals surface area contributed by atoms with E-state index >= 15 is 0 Å². The van der Waals surface area contributed by atoms with E-state index in [1.807, 2.05) is 0 Å². The number of phosphoric acid groups is 1. The molecule has 0 radical (unpaired) electrons. The number of esters is 1. The van der Waals surface area contributed by atoms with Crippen LogP contribution in [0.3, 0.4) is 0 Å². The van der Waals surface area contributed by atoms with Gasteiger partial charge in [0.15, 0.2) is 0 Å². The molecule has 0 saturated carbocycles. The first-order valence-electron chi connectivity index (χ1n) is 26.9. The van der Waals surface area contributed by atoms with Gasteiger partial charge in [-0.2, -0.15) is 0 Å². The van der Waals surface area contributed by atoms with Crippen LogP contribution in [0.15, 0.2) is 72.9 Å². The van der Waals surface area contributed by atoms with Crippen LogP contribution in [0.2, 0.25) is 0 Å². The van der Waals surface area contributed by atoms with Gasteiger partial charge >= 0.3 is 13.8 Å². The first-order chi connectivity index (χ1) is 32.3. The zero-order chi connectivity index (χ0) is 48.1. The van der Waals surface area contributed by atoms with Crippen molar-refractivity contribution in [3.8, 4) is 0 Å². The fraction of sp³-hybridized carbons (Fsp3) is 0.768. The lowest BCUT2D eigenvalue weighted by Gasteiger charge is -2.20. The highest BCUT2D eigenvalue weighted by atomic mass is 31.2. The smallest absolute Gasteiger partial charge is 0.457 e. The van der Waals surface area contributed by atoms with Crippen molar-refractivity contribution < 1.29 is 43.0 Å². The Morgan fingerprint density at radius 3 is 1.30 bits per heavy atom. The van der Waals surface area contributed by atoms with Crippen LogP contribution in [-0.2, 0) is 27.9 Å². The van der Waals surface area contributed by atoms with E-state index in [4.69, 9.17) is 23.6 Å². The molecule has 66 heavy (non-hydrogen) atoms. The molecule has 0 aliphatic heterocycles. The number of ether oxygens (including phenoxy) is 2. The van der Waals surface area contributed by atoms with Crippen LogP contribution < -0.4 is 0 Å². The summed E-state index contributed by atoms with van der Waals surface area (Å²) >= 11 is 0. The number of unbranched alkanes of at least 4 members (excludes halogenated alkanes) is 25. The molecule has 0 aliphatic carbocycles. The summed E-state index contributed by atoms with van der Waals surface area (Å²) in [5, 5.41) is 18.4. The van der Waals surface area contributed by atoms with Crippen LogP contribution in [0, 0.1) is 0 Å². The largest absolute Gasteiger partial charge is 0.472 e. The normalized spacial score (nSPS) is 14.3. The van der Waals surface area contributed by atoms with Crippen molar-refractivity contribution in [3.05, 3.63) is 72.9 Å². The summed E-state index contributed by atoms with van der Waals surface area (Å²) in [6, 6.07) is 0. The highest BCUT2D eigenvalue weighted by Gasteiger charge is 2.26. The molecule has 3 atom stereocenters. The minimum Gasteiger partial charge on any atom is -0.457 e. The molecule has 3 N–H and O–H groups in total.